The van der Waals surface area contributed by atoms with E-state index in [4.69, 9.17) is 5.73 Å². The molecule has 0 bridgehead atoms. The summed E-state index contributed by atoms with van der Waals surface area (Å²) in [6, 6.07) is 6.46. The zero-order chi connectivity index (χ0) is 18.8. The van der Waals surface area contributed by atoms with Crippen LogP contribution in [0.15, 0.2) is 36.5 Å². The number of pyridine rings is 1. The number of carbonyl (C=O) groups excluding carboxylic acids is 2. The van der Waals surface area contributed by atoms with Crippen molar-refractivity contribution in [2.24, 2.45) is 5.73 Å². The third-order valence-electron chi connectivity index (χ3n) is 3.56. The molecule has 2 amide bonds. The van der Waals surface area contributed by atoms with Crippen LogP contribution in [0.2, 0.25) is 0 Å². The van der Waals surface area contributed by atoms with Crippen molar-refractivity contribution in [3.8, 4) is 5.75 Å². The van der Waals surface area contributed by atoms with Gasteiger partial charge in [-0.25, -0.2) is 4.39 Å². The lowest BCUT2D eigenvalue weighted by Crippen LogP contribution is -2.46. The number of hydrogen-bond donors (Lipinski definition) is 2. The molecule has 7 heteroatoms. The van der Waals surface area contributed by atoms with Gasteiger partial charge in [0.15, 0.2) is 0 Å². The van der Waals surface area contributed by atoms with E-state index in [1.165, 1.54) is 23.2 Å². The second-order valence-corrected chi connectivity index (χ2v) is 6.61. The first-order valence-corrected chi connectivity index (χ1v) is 7.66. The Morgan fingerprint density at radius 3 is 2.52 bits per heavy atom. The van der Waals surface area contributed by atoms with Crippen molar-refractivity contribution in [2.45, 2.75) is 32.7 Å². The monoisotopic (exact) mass is 345 g/mol. The van der Waals surface area contributed by atoms with E-state index >= 15 is 0 Å². The van der Waals surface area contributed by atoms with Crippen LogP contribution >= 0.6 is 0 Å². The van der Waals surface area contributed by atoms with Crippen molar-refractivity contribution in [3.05, 3.63) is 53.6 Å². The maximum absolute atomic E-state index is 13.4. The number of benzene rings is 1. The Bertz CT molecular complexity index is 815. The van der Waals surface area contributed by atoms with E-state index in [1.807, 2.05) is 20.8 Å². The van der Waals surface area contributed by atoms with Gasteiger partial charge in [0.25, 0.3) is 5.91 Å². The summed E-state index contributed by atoms with van der Waals surface area (Å²) in [7, 11) is 0. The van der Waals surface area contributed by atoms with Crippen LogP contribution in [0.25, 0.3) is 0 Å². The molecule has 1 aromatic carbocycles. The average molecular weight is 345 g/mol. The molecule has 3 N–H and O–H groups in total. The minimum Gasteiger partial charge on any atom is -0.508 e. The molecule has 0 saturated carbocycles. The van der Waals surface area contributed by atoms with Crippen molar-refractivity contribution < 1.29 is 19.1 Å². The minimum atomic E-state index is -0.703. The molecule has 2 rings (SSSR count). The highest BCUT2D eigenvalue weighted by Gasteiger charge is 2.29. The quantitative estimate of drug-likeness (QED) is 0.889. The van der Waals surface area contributed by atoms with Crippen molar-refractivity contribution in [2.75, 3.05) is 4.90 Å². The molecule has 25 heavy (non-hydrogen) atoms. The Kier molecular flexibility index (Phi) is 5.06. The van der Waals surface area contributed by atoms with Crippen LogP contribution in [0.4, 0.5) is 10.1 Å². The van der Waals surface area contributed by atoms with Gasteiger partial charge in [-0.05, 0) is 51.1 Å². The van der Waals surface area contributed by atoms with Crippen LogP contribution < -0.4 is 10.6 Å². The molecule has 0 aliphatic heterocycles. The van der Waals surface area contributed by atoms with Crippen molar-refractivity contribution in [1.82, 2.24) is 4.98 Å². The predicted octanol–water partition coefficient (Wildman–Crippen LogP) is 2.40. The largest absolute Gasteiger partial charge is 0.508 e. The second kappa shape index (κ2) is 6.88. The number of carbonyl (C=O) groups is 2. The maximum Gasteiger partial charge on any atom is 0.267 e. The topological polar surface area (TPSA) is 96.5 Å². The molecule has 1 heterocycles. The maximum atomic E-state index is 13.4. The highest BCUT2D eigenvalue weighted by molar-refractivity contribution is 5.98. The highest BCUT2D eigenvalue weighted by Crippen LogP contribution is 2.27. The number of nitrogens with zero attached hydrogens (tertiary/aromatic N) is 2. The Hall–Kier alpha value is -2.96. The Morgan fingerprint density at radius 2 is 1.92 bits per heavy atom. The van der Waals surface area contributed by atoms with Crippen LogP contribution in [0, 0.1) is 5.82 Å². The number of phenols is 1. The van der Waals surface area contributed by atoms with Gasteiger partial charge in [-0.15, -0.1) is 0 Å². The average Bonchev–Trinajstić information content (AvgIpc) is 2.50. The lowest BCUT2D eigenvalue weighted by molar-refractivity contribution is -0.118. The Balaban J connectivity index is 2.41. The van der Waals surface area contributed by atoms with E-state index in [0.29, 0.717) is 5.69 Å². The third kappa shape index (κ3) is 4.32. The van der Waals surface area contributed by atoms with Gasteiger partial charge in [-0.1, -0.05) is 0 Å². The van der Waals surface area contributed by atoms with Gasteiger partial charge in [0.05, 0.1) is 6.42 Å². The van der Waals surface area contributed by atoms with Gasteiger partial charge in [-0.3, -0.25) is 14.6 Å². The van der Waals surface area contributed by atoms with E-state index < -0.39 is 17.3 Å². The smallest absolute Gasteiger partial charge is 0.267 e. The fourth-order valence-corrected chi connectivity index (χ4v) is 2.54. The molecule has 0 atom stereocenters. The standard InChI is InChI=1S/C18H20FN3O3/c1-18(2,3)22(13-6-7-21-14(10-13)17(20)25)16(24)9-11-8-12(19)4-5-15(11)23/h4-8,10,23H,9H2,1-3H3,(H2,20,25). The van der Waals surface area contributed by atoms with Crippen LogP contribution in [0.3, 0.4) is 0 Å². The summed E-state index contributed by atoms with van der Waals surface area (Å²) in [4.78, 5) is 29.5. The molecular weight excluding hydrogens is 325 g/mol. The number of amides is 2. The summed E-state index contributed by atoms with van der Waals surface area (Å²) < 4.78 is 13.4. The molecule has 0 spiro atoms. The molecule has 0 saturated heterocycles. The molecule has 0 fully saturated rings. The van der Waals surface area contributed by atoms with Gasteiger partial charge >= 0.3 is 0 Å². The zero-order valence-corrected chi connectivity index (χ0v) is 14.3. The van der Waals surface area contributed by atoms with Gasteiger partial charge in [0.2, 0.25) is 5.91 Å². The number of primary amides is 1. The number of phenolic OH excluding ortho intramolecular Hbond substituents is 1. The lowest BCUT2D eigenvalue weighted by Gasteiger charge is -2.36. The first-order chi connectivity index (χ1) is 11.6. The summed E-state index contributed by atoms with van der Waals surface area (Å²) in [6.45, 7) is 5.46. The first-order valence-electron chi connectivity index (χ1n) is 7.66. The summed E-state index contributed by atoms with van der Waals surface area (Å²) >= 11 is 0. The SMILES string of the molecule is CC(C)(C)N(C(=O)Cc1cc(F)ccc1O)c1ccnc(C(N)=O)c1. The molecule has 0 unspecified atom stereocenters. The molecule has 0 radical (unpaired) electrons. The van der Waals surface area contributed by atoms with E-state index in [-0.39, 0.29) is 29.3 Å². The van der Waals surface area contributed by atoms with E-state index in [2.05, 4.69) is 4.98 Å². The fraction of sp³-hybridized carbons (Fsp3) is 0.278. The van der Waals surface area contributed by atoms with Crippen LogP contribution in [-0.4, -0.2) is 27.4 Å². The normalized spacial score (nSPS) is 11.2. The van der Waals surface area contributed by atoms with E-state index in [1.54, 1.807) is 6.07 Å². The van der Waals surface area contributed by atoms with Crippen LogP contribution in [0.5, 0.6) is 5.75 Å². The third-order valence-corrected chi connectivity index (χ3v) is 3.56. The number of hydrogen-bond acceptors (Lipinski definition) is 4. The van der Waals surface area contributed by atoms with E-state index in [9.17, 15) is 19.1 Å². The number of anilines is 1. The molecule has 132 valence electrons. The van der Waals surface area contributed by atoms with Gasteiger partial charge < -0.3 is 15.7 Å². The van der Waals surface area contributed by atoms with Gasteiger partial charge in [-0.2, -0.15) is 0 Å². The Labute approximate surface area is 145 Å². The highest BCUT2D eigenvalue weighted by atomic mass is 19.1. The summed E-state index contributed by atoms with van der Waals surface area (Å²) in [6.07, 6.45) is 1.19. The summed E-state index contributed by atoms with van der Waals surface area (Å²) in [5, 5.41) is 9.85. The summed E-state index contributed by atoms with van der Waals surface area (Å²) in [5.41, 5.74) is 5.28. The Morgan fingerprint density at radius 1 is 1.24 bits per heavy atom. The number of rotatable bonds is 4. The number of halogens is 1. The molecule has 1 aromatic heterocycles. The van der Waals surface area contributed by atoms with Gasteiger partial charge in [0, 0.05) is 23.0 Å². The lowest BCUT2D eigenvalue weighted by atomic mass is 10.0. The summed E-state index contributed by atoms with van der Waals surface area (Å²) in [5.74, 6) is -1.76. The first kappa shape index (κ1) is 18.4. The predicted molar refractivity (Wildman–Crippen MR) is 91.8 cm³/mol. The number of nitrogens with two attached hydrogens (primary N) is 1. The number of aromatic hydroxyl groups is 1. The molecule has 6 nitrogen and oxygen atoms in total. The molecule has 2 aromatic rings. The van der Waals surface area contributed by atoms with Crippen molar-refractivity contribution in [3.63, 3.8) is 0 Å². The second-order valence-electron chi connectivity index (χ2n) is 6.61. The molecule has 0 aliphatic carbocycles. The fourth-order valence-electron chi connectivity index (χ4n) is 2.54. The zero-order valence-electron chi connectivity index (χ0n) is 14.3. The molecule has 0 aliphatic rings. The van der Waals surface area contributed by atoms with Crippen LogP contribution in [-0.2, 0) is 11.2 Å². The van der Waals surface area contributed by atoms with Crippen LogP contribution in [0.1, 0.15) is 36.8 Å². The number of aromatic nitrogens is 1. The van der Waals surface area contributed by atoms with Gasteiger partial charge in [0.1, 0.15) is 17.3 Å². The minimum absolute atomic E-state index is 0.0353. The molecular formula is C18H20FN3O3. The van der Waals surface area contributed by atoms with Crippen molar-refractivity contribution >= 4 is 17.5 Å². The van der Waals surface area contributed by atoms with Crippen molar-refractivity contribution in [1.29, 1.82) is 0 Å². The van der Waals surface area contributed by atoms with E-state index in [0.717, 1.165) is 12.1 Å².